The lowest BCUT2D eigenvalue weighted by molar-refractivity contribution is -0.135. The summed E-state index contributed by atoms with van der Waals surface area (Å²) in [4.78, 5) is 0. The maximum Gasteiger partial charge on any atom is 0.199 e. The molecule has 1 rings (SSSR count). The van der Waals surface area contributed by atoms with E-state index in [4.69, 9.17) is 19.3 Å². The first-order valence-electron chi connectivity index (χ1n) is 5.80. The van der Waals surface area contributed by atoms with Crippen molar-refractivity contribution >= 4 is 0 Å². The molecule has 1 unspecified atom stereocenters. The van der Waals surface area contributed by atoms with Crippen LogP contribution in [0.4, 0.5) is 0 Å². The first-order valence-corrected chi connectivity index (χ1v) is 5.80. The van der Waals surface area contributed by atoms with Crippen molar-refractivity contribution in [2.75, 3.05) is 19.8 Å². The highest BCUT2D eigenvalue weighted by Gasteiger charge is 2.14. The Morgan fingerprint density at radius 3 is 2.61 bits per heavy atom. The fourth-order valence-corrected chi connectivity index (χ4v) is 1.42. The van der Waals surface area contributed by atoms with Crippen LogP contribution in [0.25, 0.3) is 0 Å². The third kappa shape index (κ3) is 7.14. The van der Waals surface area contributed by atoms with Gasteiger partial charge < -0.3 is 19.3 Å². The fraction of sp³-hybridized carbons (Fsp3) is 0.571. The topological polar surface area (TPSA) is 47.9 Å². The minimum atomic E-state index is -0.187. The molecule has 0 spiro atoms. The predicted molar refractivity (Wildman–Crippen MR) is 71.9 cm³/mol. The van der Waals surface area contributed by atoms with E-state index in [1.165, 1.54) is 0 Å². The molecule has 1 fully saturated rings. The maximum atomic E-state index is 8.56. The molecule has 1 N–H and O–H groups in total. The zero-order valence-electron chi connectivity index (χ0n) is 10.1. The zero-order chi connectivity index (χ0) is 12.5. The van der Waals surface area contributed by atoms with Gasteiger partial charge in [0.15, 0.2) is 6.29 Å². The molecule has 18 heavy (non-hydrogen) atoms. The van der Waals surface area contributed by atoms with Gasteiger partial charge >= 0.3 is 0 Å². The quantitative estimate of drug-likeness (QED) is 0.562. The van der Waals surface area contributed by atoms with Crippen LogP contribution in [0.2, 0.25) is 0 Å². The molecule has 1 aliphatic heterocycles. The van der Waals surface area contributed by atoms with E-state index in [1.54, 1.807) is 12.2 Å². The van der Waals surface area contributed by atoms with Gasteiger partial charge in [0.25, 0.3) is 0 Å². The number of rotatable bonds is 7. The summed E-state index contributed by atoms with van der Waals surface area (Å²) in [5.41, 5.74) is 0. The average Bonchev–Trinajstić information content (AvgIpc) is 2.35. The van der Waals surface area contributed by atoms with Crippen LogP contribution in [0.15, 0.2) is 36.8 Å². The van der Waals surface area contributed by atoms with Gasteiger partial charge in [0.1, 0.15) is 18.1 Å². The second-order valence-corrected chi connectivity index (χ2v) is 3.75. The highest BCUT2D eigenvalue weighted by molar-refractivity contribution is 5.17. The zero-order valence-corrected chi connectivity index (χ0v) is 10.1. The van der Waals surface area contributed by atoms with Crippen LogP contribution in [0.1, 0.15) is 26.7 Å². The standard InChI is InChI=1S/C13H20O4.CH4/c1-11(15-10-8-14)6-7-12(2)17-13-5-3-4-9-16-13;/h6-7,13-14H,1-5,8-10H2;1H4/b7-6-;. The normalized spacial score (nSPS) is 19.1. The molecule has 0 aliphatic carbocycles. The molecule has 0 radical (unpaired) electrons. The summed E-state index contributed by atoms with van der Waals surface area (Å²) in [5.74, 6) is 0.985. The highest BCUT2D eigenvalue weighted by atomic mass is 16.7. The summed E-state index contributed by atoms with van der Waals surface area (Å²) in [7, 11) is 0. The van der Waals surface area contributed by atoms with Crippen molar-refractivity contribution in [1.29, 1.82) is 0 Å². The van der Waals surface area contributed by atoms with Gasteiger partial charge in [-0.05, 0) is 25.0 Å². The van der Waals surface area contributed by atoms with Crippen LogP contribution < -0.4 is 0 Å². The minimum absolute atomic E-state index is 0. The van der Waals surface area contributed by atoms with Crippen LogP contribution in [0.3, 0.4) is 0 Å². The van der Waals surface area contributed by atoms with E-state index in [1.807, 2.05) is 0 Å². The third-order valence-electron chi connectivity index (χ3n) is 2.25. The van der Waals surface area contributed by atoms with Crippen LogP contribution in [0.5, 0.6) is 0 Å². The van der Waals surface area contributed by atoms with E-state index < -0.39 is 0 Å². The first-order chi connectivity index (χ1) is 8.22. The molecule has 1 heterocycles. The highest BCUT2D eigenvalue weighted by Crippen LogP contribution is 2.16. The first kappa shape index (κ1) is 16.7. The van der Waals surface area contributed by atoms with Crippen molar-refractivity contribution in [2.24, 2.45) is 0 Å². The van der Waals surface area contributed by atoms with Gasteiger partial charge in [0.2, 0.25) is 0 Å². The summed E-state index contributed by atoms with van der Waals surface area (Å²) >= 11 is 0. The lowest BCUT2D eigenvalue weighted by Gasteiger charge is -2.23. The summed E-state index contributed by atoms with van der Waals surface area (Å²) in [6, 6.07) is 0. The molecule has 0 amide bonds. The molecule has 0 bridgehead atoms. The number of aliphatic hydroxyl groups is 1. The van der Waals surface area contributed by atoms with Crippen molar-refractivity contribution in [3.63, 3.8) is 0 Å². The van der Waals surface area contributed by atoms with E-state index in [-0.39, 0.29) is 26.9 Å². The third-order valence-corrected chi connectivity index (χ3v) is 2.25. The molecule has 4 nitrogen and oxygen atoms in total. The van der Waals surface area contributed by atoms with E-state index >= 15 is 0 Å². The largest absolute Gasteiger partial charge is 0.492 e. The van der Waals surface area contributed by atoms with Crippen molar-refractivity contribution in [3.8, 4) is 0 Å². The van der Waals surface area contributed by atoms with E-state index in [0.717, 1.165) is 25.9 Å². The number of allylic oxidation sites excluding steroid dienone is 2. The monoisotopic (exact) mass is 256 g/mol. The van der Waals surface area contributed by atoms with Crippen molar-refractivity contribution in [3.05, 3.63) is 36.8 Å². The number of hydrogen-bond donors (Lipinski definition) is 1. The molecular formula is C14H24O4. The van der Waals surface area contributed by atoms with Crippen LogP contribution in [-0.4, -0.2) is 31.2 Å². The van der Waals surface area contributed by atoms with E-state index in [0.29, 0.717) is 11.5 Å². The average molecular weight is 256 g/mol. The van der Waals surface area contributed by atoms with Crippen LogP contribution >= 0.6 is 0 Å². The van der Waals surface area contributed by atoms with Crippen LogP contribution in [0, 0.1) is 0 Å². The van der Waals surface area contributed by atoms with Crippen molar-refractivity contribution in [1.82, 2.24) is 0 Å². The smallest absolute Gasteiger partial charge is 0.199 e. The fourth-order valence-electron chi connectivity index (χ4n) is 1.42. The van der Waals surface area contributed by atoms with Gasteiger partial charge in [-0.2, -0.15) is 0 Å². The maximum absolute atomic E-state index is 8.56. The number of hydrogen-bond acceptors (Lipinski definition) is 4. The summed E-state index contributed by atoms with van der Waals surface area (Å²) < 4.78 is 16.0. The Kier molecular flexibility index (Phi) is 9.06. The molecule has 0 aromatic carbocycles. The lowest BCUT2D eigenvalue weighted by atomic mass is 10.2. The summed E-state index contributed by atoms with van der Waals surface area (Å²) in [6.07, 6.45) is 6.25. The Labute approximate surface area is 110 Å². The Bertz CT molecular complexity index is 278. The van der Waals surface area contributed by atoms with Gasteiger partial charge in [-0.15, -0.1) is 0 Å². The van der Waals surface area contributed by atoms with E-state index in [2.05, 4.69) is 13.2 Å². The summed E-state index contributed by atoms with van der Waals surface area (Å²) in [6.45, 7) is 8.38. The molecule has 0 aromatic heterocycles. The molecule has 0 saturated carbocycles. The van der Waals surface area contributed by atoms with Gasteiger partial charge in [-0.25, -0.2) is 0 Å². The molecule has 104 valence electrons. The molecule has 0 aromatic rings. The molecule has 1 aliphatic rings. The molecular weight excluding hydrogens is 232 g/mol. The van der Waals surface area contributed by atoms with Gasteiger partial charge in [-0.3, -0.25) is 0 Å². The Balaban J connectivity index is 0.00000289. The Hall–Kier alpha value is -1.26. The number of aliphatic hydroxyl groups excluding tert-OH is 1. The van der Waals surface area contributed by atoms with E-state index in [9.17, 15) is 0 Å². The van der Waals surface area contributed by atoms with Gasteiger partial charge in [0.05, 0.1) is 13.2 Å². The minimum Gasteiger partial charge on any atom is -0.492 e. The predicted octanol–water partition coefficient (Wildman–Crippen LogP) is 2.76. The SMILES string of the molecule is C.C=C(/C=C\C(=C)OC1CCCCO1)OCCO. The second kappa shape index (κ2) is 9.74. The molecule has 1 atom stereocenters. The van der Waals surface area contributed by atoms with Gasteiger partial charge in [-0.1, -0.05) is 20.6 Å². The second-order valence-electron chi connectivity index (χ2n) is 3.75. The molecule has 1 saturated heterocycles. The van der Waals surface area contributed by atoms with Gasteiger partial charge in [0, 0.05) is 6.42 Å². The van der Waals surface area contributed by atoms with Crippen molar-refractivity contribution < 1.29 is 19.3 Å². The number of ether oxygens (including phenoxy) is 3. The van der Waals surface area contributed by atoms with Crippen LogP contribution in [-0.2, 0) is 14.2 Å². The Morgan fingerprint density at radius 2 is 2.00 bits per heavy atom. The lowest BCUT2D eigenvalue weighted by Crippen LogP contribution is -2.21. The summed E-state index contributed by atoms with van der Waals surface area (Å²) in [5, 5.41) is 8.56. The van der Waals surface area contributed by atoms with Crippen molar-refractivity contribution in [2.45, 2.75) is 33.0 Å². The Morgan fingerprint density at radius 1 is 1.28 bits per heavy atom. The molecule has 4 heteroatoms.